The summed E-state index contributed by atoms with van der Waals surface area (Å²) in [4.78, 5) is 13.5. The largest absolute Gasteiger partial charge is 0.395 e. The number of aliphatic hydroxyl groups is 1. The molecule has 0 saturated carbocycles. The third-order valence-corrected chi connectivity index (χ3v) is 2.58. The Morgan fingerprint density at radius 1 is 1.53 bits per heavy atom. The van der Waals surface area contributed by atoms with E-state index in [1.54, 1.807) is 6.92 Å². The van der Waals surface area contributed by atoms with Crippen LogP contribution in [0.3, 0.4) is 0 Å². The summed E-state index contributed by atoms with van der Waals surface area (Å²) in [7, 11) is 0. The number of nitrogens with two attached hydrogens (primary N) is 1. The van der Waals surface area contributed by atoms with Crippen molar-refractivity contribution in [2.45, 2.75) is 6.92 Å². The number of likely N-dealkylation sites (N-methyl/N-ethyl adjacent to an activating group) is 1. The van der Waals surface area contributed by atoms with Gasteiger partial charge in [-0.25, -0.2) is 4.39 Å². The maximum atomic E-state index is 13.7. The summed E-state index contributed by atoms with van der Waals surface area (Å²) >= 11 is 0. The van der Waals surface area contributed by atoms with Crippen LogP contribution in [0.4, 0.5) is 4.39 Å². The Kier molecular flexibility index (Phi) is 6.00. The quantitative estimate of drug-likeness (QED) is 0.782. The minimum atomic E-state index is -0.549. The van der Waals surface area contributed by atoms with Crippen LogP contribution in [0.15, 0.2) is 18.2 Å². The molecule has 0 unspecified atom stereocenters. The van der Waals surface area contributed by atoms with Crippen LogP contribution in [0.5, 0.6) is 0 Å². The third-order valence-electron chi connectivity index (χ3n) is 2.58. The first-order valence-electron chi connectivity index (χ1n) is 6.02. The monoisotopic (exact) mass is 264 g/mol. The second-order valence-electron chi connectivity index (χ2n) is 3.81. The molecule has 4 nitrogen and oxygen atoms in total. The molecule has 3 N–H and O–H groups in total. The minimum Gasteiger partial charge on any atom is -0.395 e. The third kappa shape index (κ3) is 4.05. The second-order valence-corrected chi connectivity index (χ2v) is 3.81. The van der Waals surface area contributed by atoms with Gasteiger partial charge in [0.05, 0.1) is 18.7 Å². The van der Waals surface area contributed by atoms with Crippen molar-refractivity contribution in [3.63, 3.8) is 0 Å². The van der Waals surface area contributed by atoms with E-state index >= 15 is 0 Å². The van der Waals surface area contributed by atoms with Gasteiger partial charge in [-0.1, -0.05) is 11.8 Å². The summed E-state index contributed by atoms with van der Waals surface area (Å²) in [5.74, 6) is 4.29. The van der Waals surface area contributed by atoms with Crippen molar-refractivity contribution in [3.8, 4) is 11.8 Å². The summed E-state index contributed by atoms with van der Waals surface area (Å²) in [6.45, 7) is 2.51. The summed E-state index contributed by atoms with van der Waals surface area (Å²) in [6, 6.07) is 4.13. The molecule has 0 fully saturated rings. The van der Waals surface area contributed by atoms with E-state index in [9.17, 15) is 9.18 Å². The van der Waals surface area contributed by atoms with Gasteiger partial charge in [-0.05, 0) is 25.1 Å². The molecule has 102 valence electrons. The van der Waals surface area contributed by atoms with Gasteiger partial charge in [0.15, 0.2) is 0 Å². The van der Waals surface area contributed by atoms with Gasteiger partial charge in [0.2, 0.25) is 0 Å². The molecule has 0 aliphatic rings. The van der Waals surface area contributed by atoms with Gasteiger partial charge in [0.1, 0.15) is 5.82 Å². The smallest absolute Gasteiger partial charge is 0.254 e. The van der Waals surface area contributed by atoms with Crippen molar-refractivity contribution >= 4 is 5.91 Å². The number of nitrogens with zero attached hydrogens (tertiary/aromatic N) is 1. The van der Waals surface area contributed by atoms with Gasteiger partial charge in [-0.2, -0.15) is 0 Å². The van der Waals surface area contributed by atoms with Gasteiger partial charge in [0, 0.05) is 18.7 Å². The average Bonchev–Trinajstić information content (AvgIpc) is 2.42. The Bertz CT molecular complexity index is 506. The average molecular weight is 264 g/mol. The number of amides is 1. The lowest BCUT2D eigenvalue weighted by Gasteiger charge is -2.19. The lowest BCUT2D eigenvalue weighted by atomic mass is 10.1. The maximum Gasteiger partial charge on any atom is 0.254 e. The van der Waals surface area contributed by atoms with Crippen LogP contribution in [-0.2, 0) is 0 Å². The van der Waals surface area contributed by atoms with Gasteiger partial charge in [0.25, 0.3) is 5.91 Å². The van der Waals surface area contributed by atoms with Gasteiger partial charge < -0.3 is 15.7 Å². The zero-order valence-electron chi connectivity index (χ0n) is 10.8. The van der Waals surface area contributed by atoms with Crippen molar-refractivity contribution in [2.75, 3.05) is 26.2 Å². The van der Waals surface area contributed by atoms with E-state index in [4.69, 9.17) is 10.8 Å². The Balaban J connectivity index is 2.96. The first-order valence-corrected chi connectivity index (χ1v) is 6.02. The number of benzene rings is 1. The molecule has 0 aliphatic heterocycles. The maximum absolute atomic E-state index is 13.7. The fraction of sp³-hybridized carbons (Fsp3) is 0.357. The molecule has 0 radical (unpaired) electrons. The van der Waals surface area contributed by atoms with Crippen molar-refractivity contribution in [3.05, 3.63) is 35.1 Å². The molecule has 1 aromatic rings. The van der Waals surface area contributed by atoms with E-state index in [0.717, 1.165) is 6.07 Å². The van der Waals surface area contributed by atoms with E-state index in [1.807, 2.05) is 0 Å². The molecule has 0 aromatic heterocycles. The topological polar surface area (TPSA) is 66.6 Å². The lowest BCUT2D eigenvalue weighted by molar-refractivity contribution is 0.0731. The van der Waals surface area contributed by atoms with Crippen molar-refractivity contribution < 1.29 is 14.3 Å². The van der Waals surface area contributed by atoms with Crippen molar-refractivity contribution in [1.29, 1.82) is 0 Å². The van der Waals surface area contributed by atoms with Crippen LogP contribution in [-0.4, -0.2) is 42.2 Å². The SMILES string of the molecule is CCN(CCO)C(=O)c1ccc(C#CCN)c(F)c1. The van der Waals surface area contributed by atoms with E-state index in [-0.39, 0.29) is 36.7 Å². The number of hydrogen-bond donors (Lipinski definition) is 2. The van der Waals surface area contributed by atoms with Crippen LogP contribution in [0.25, 0.3) is 0 Å². The number of carbonyl (C=O) groups is 1. The zero-order chi connectivity index (χ0) is 14.3. The zero-order valence-corrected chi connectivity index (χ0v) is 10.8. The van der Waals surface area contributed by atoms with E-state index < -0.39 is 5.82 Å². The van der Waals surface area contributed by atoms with E-state index in [0.29, 0.717) is 6.54 Å². The molecular weight excluding hydrogens is 247 g/mol. The molecule has 1 aromatic carbocycles. The number of rotatable bonds is 4. The number of aliphatic hydroxyl groups excluding tert-OH is 1. The van der Waals surface area contributed by atoms with Crippen LogP contribution in [0, 0.1) is 17.7 Å². The fourth-order valence-electron chi connectivity index (χ4n) is 1.60. The molecule has 0 atom stereocenters. The molecule has 1 rings (SSSR count). The fourth-order valence-corrected chi connectivity index (χ4v) is 1.60. The van der Waals surface area contributed by atoms with Crippen molar-refractivity contribution in [1.82, 2.24) is 4.90 Å². The first-order chi connectivity index (χ1) is 9.13. The van der Waals surface area contributed by atoms with Crippen molar-refractivity contribution in [2.24, 2.45) is 5.73 Å². The molecule has 0 aliphatic carbocycles. The van der Waals surface area contributed by atoms with E-state index in [2.05, 4.69) is 11.8 Å². The van der Waals surface area contributed by atoms with Gasteiger partial charge in [-0.15, -0.1) is 0 Å². The van der Waals surface area contributed by atoms with Crippen LogP contribution in [0.2, 0.25) is 0 Å². The highest BCUT2D eigenvalue weighted by Crippen LogP contribution is 2.11. The lowest BCUT2D eigenvalue weighted by Crippen LogP contribution is -2.33. The van der Waals surface area contributed by atoms with E-state index in [1.165, 1.54) is 17.0 Å². The Labute approximate surface area is 112 Å². The number of halogens is 1. The van der Waals surface area contributed by atoms with Crippen LogP contribution < -0.4 is 5.73 Å². The number of carbonyl (C=O) groups excluding carboxylic acids is 1. The predicted molar refractivity (Wildman–Crippen MR) is 71.0 cm³/mol. The molecular formula is C14H17FN2O2. The summed E-state index contributed by atoms with van der Waals surface area (Å²) < 4.78 is 13.7. The molecule has 5 heteroatoms. The molecule has 1 amide bonds. The Hall–Kier alpha value is -1.90. The Morgan fingerprint density at radius 2 is 2.26 bits per heavy atom. The summed E-state index contributed by atoms with van der Waals surface area (Å²) in [5.41, 5.74) is 5.67. The normalized spacial score (nSPS) is 9.68. The summed E-state index contributed by atoms with van der Waals surface area (Å²) in [6.07, 6.45) is 0. The molecule has 19 heavy (non-hydrogen) atoms. The van der Waals surface area contributed by atoms with Gasteiger partial charge in [-0.3, -0.25) is 4.79 Å². The van der Waals surface area contributed by atoms with Crippen LogP contribution in [0.1, 0.15) is 22.8 Å². The first kappa shape index (κ1) is 15.2. The number of hydrogen-bond acceptors (Lipinski definition) is 3. The summed E-state index contributed by atoms with van der Waals surface area (Å²) in [5, 5.41) is 8.86. The standard InChI is InChI=1S/C14H17FN2O2/c1-2-17(8-9-18)14(19)12-6-5-11(4-3-7-16)13(15)10-12/h5-6,10,18H,2,7-9,16H2,1H3. The highest BCUT2D eigenvalue weighted by atomic mass is 19.1. The molecule has 0 bridgehead atoms. The molecule has 0 saturated heterocycles. The minimum absolute atomic E-state index is 0.123. The van der Waals surface area contributed by atoms with Gasteiger partial charge >= 0.3 is 0 Å². The molecule has 0 heterocycles. The highest BCUT2D eigenvalue weighted by molar-refractivity contribution is 5.94. The highest BCUT2D eigenvalue weighted by Gasteiger charge is 2.15. The second kappa shape index (κ2) is 7.52. The Morgan fingerprint density at radius 3 is 2.79 bits per heavy atom. The van der Waals surface area contributed by atoms with Crippen LogP contribution >= 0.6 is 0 Å². The predicted octanol–water partition coefficient (Wildman–Crippen LogP) is 0.590. The molecule has 0 spiro atoms.